The Morgan fingerprint density at radius 3 is 2.07 bits per heavy atom. The number of rotatable bonds is 5. The quantitative estimate of drug-likeness (QED) is 0.730. The molecule has 0 aromatic carbocycles. The number of carbonyl (C=O) groups excluding carboxylic acids is 1. The van der Waals surface area contributed by atoms with Gasteiger partial charge in [0.05, 0.1) is 6.04 Å². The first-order valence-corrected chi connectivity index (χ1v) is 5.35. The van der Waals surface area contributed by atoms with Crippen LogP contribution in [0.4, 0.5) is 0 Å². The number of nitrogens with two attached hydrogens (primary N) is 1. The zero-order valence-electron chi connectivity index (χ0n) is 10.1. The molecule has 0 bridgehead atoms. The third kappa shape index (κ3) is 5.22. The van der Waals surface area contributed by atoms with Crippen LogP contribution in [0, 0.1) is 11.8 Å². The molecule has 0 aliphatic carbocycles. The first-order chi connectivity index (χ1) is 6.34. The fourth-order valence-corrected chi connectivity index (χ4v) is 1.53. The third-order valence-corrected chi connectivity index (χ3v) is 2.06. The molecule has 0 saturated heterocycles. The van der Waals surface area contributed by atoms with Crippen molar-refractivity contribution in [2.24, 2.45) is 17.6 Å². The predicted molar refractivity (Wildman–Crippen MR) is 59.9 cm³/mol. The molecule has 0 aromatic heterocycles. The van der Waals surface area contributed by atoms with Crippen LogP contribution >= 0.6 is 0 Å². The van der Waals surface area contributed by atoms with E-state index in [0.717, 1.165) is 13.0 Å². The van der Waals surface area contributed by atoms with Crippen LogP contribution in [-0.2, 0) is 4.79 Å². The summed E-state index contributed by atoms with van der Waals surface area (Å²) in [5.74, 6) is 1.03. The molecule has 3 nitrogen and oxygen atoms in total. The van der Waals surface area contributed by atoms with Crippen molar-refractivity contribution < 1.29 is 4.79 Å². The second-order valence-electron chi connectivity index (χ2n) is 4.85. The van der Waals surface area contributed by atoms with E-state index in [1.807, 2.05) is 7.05 Å². The average Bonchev–Trinajstić information content (AvgIpc) is 2.00. The van der Waals surface area contributed by atoms with Gasteiger partial charge < -0.3 is 10.6 Å². The minimum Gasteiger partial charge on any atom is -0.344 e. The Bertz CT molecular complexity index is 160. The van der Waals surface area contributed by atoms with Gasteiger partial charge in [-0.25, -0.2) is 0 Å². The maximum Gasteiger partial charge on any atom is 0.239 e. The molecule has 0 aliphatic rings. The van der Waals surface area contributed by atoms with Gasteiger partial charge in [0.1, 0.15) is 0 Å². The van der Waals surface area contributed by atoms with Crippen LogP contribution in [0.25, 0.3) is 0 Å². The molecule has 0 heterocycles. The number of nitrogens with zero attached hydrogens (tertiary/aromatic N) is 1. The van der Waals surface area contributed by atoms with Gasteiger partial charge in [-0.15, -0.1) is 0 Å². The molecule has 84 valence electrons. The summed E-state index contributed by atoms with van der Waals surface area (Å²) in [4.78, 5) is 13.4. The van der Waals surface area contributed by atoms with Gasteiger partial charge in [0.25, 0.3) is 0 Å². The first kappa shape index (κ1) is 13.4. The van der Waals surface area contributed by atoms with Gasteiger partial charge in [-0.1, -0.05) is 27.7 Å². The Balaban J connectivity index is 4.04. The molecular weight excluding hydrogens is 176 g/mol. The monoisotopic (exact) mass is 200 g/mol. The Labute approximate surface area is 87.6 Å². The van der Waals surface area contributed by atoms with E-state index in [1.54, 1.807) is 4.90 Å². The lowest BCUT2D eigenvalue weighted by atomic mass is 10.0. The van der Waals surface area contributed by atoms with E-state index >= 15 is 0 Å². The molecule has 0 unspecified atom stereocenters. The standard InChI is InChI=1S/C11H24N2O/c1-8(2)6-10(12)11(14)13(5)7-9(3)4/h8-10H,6-7,12H2,1-5H3/t10-/m1/s1. The molecular formula is C11H24N2O. The normalized spacial score (nSPS) is 13.4. The summed E-state index contributed by atoms with van der Waals surface area (Å²) in [5.41, 5.74) is 5.80. The van der Waals surface area contributed by atoms with Gasteiger partial charge in [-0.05, 0) is 18.3 Å². The lowest BCUT2D eigenvalue weighted by molar-refractivity contribution is -0.132. The number of likely N-dealkylation sites (N-methyl/N-ethyl adjacent to an activating group) is 1. The highest BCUT2D eigenvalue weighted by Crippen LogP contribution is 2.06. The number of hydrogen-bond acceptors (Lipinski definition) is 2. The summed E-state index contributed by atoms with van der Waals surface area (Å²) in [5, 5.41) is 0. The van der Waals surface area contributed by atoms with Gasteiger partial charge >= 0.3 is 0 Å². The molecule has 14 heavy (non-hydrogen) atoms. The van der Waals surface area contributed by atoms with Crippen molar-refractivity contribution in [3.05, 3.63) is 0 Å². The maximum atomic E-state index is 11.7. The van der Waals surface area contributed by atoms with E-state index in [4.69, 9.17) is 5.73 Å². The van der Waals surface area contributed by atoms with Crippen LogP contribution in [0.3, 0.4) is 0 Å². The van der Waals surface area contributed by atoms with E-state index in [2.05, 4.69) is 27.7 Å². The molecule has 0 radical (unpaired) electrons. The summed E-state index contributed by atoms with van der Waals surface area (Å²) in [6.07, 6.45) is 0.765. The smallest absolute Gasteiger partial charge is 0.239 e. The zero-order chi connectivity index (χ0) is 11.3. The Hall–Kier alpha value is -0.570. The largest absolute Gasteiger partial charge is 0.344 e. The van der Waals surface area contributed by atoms with Crippen LogP contribution in [0.15, 0.2) is 0 Å². The Morgan fingerprint density at radius 1 is 1.21 bits per heavy atom. The fourth-order valence-electron chi connectivity index (χ4n) is 1.53. The molecule has 1 atom stereocenters. The van der Waals surface area contributed by atoms with Crippen molar-refractivity contribution in [3.63, 3.8) is 0 Å². The average molecular weight is 200 g/mol. The number of carbonyl (C=O) groups is 1. The second kappa shape index (κ2) is 6.02. The van der Waals surface area contributed by atoms with E-state index in [0.29, 0.717) is 11.8 Å². The summed E-state index contributed by atoms with van der Waals surface area (Å²) >= 11 is 0. The van der Waals surface area contributed by atoms with E-state index in [-0.39, 0.29) is 11.9 Å². The van der Waals surface area contributed by atoms with Crippen LogP contribution in [-0.4, -0.2) is 30.4 Å². The van der Waals surface area contributed by atoms with Crippen molar-refractivity contribution >= 4 is 5.91 Å². The minimum atomic E-state index is -0.334. The molecule has 0 aromatic rings. The Kier molecular flexibility index (Phi) is 5.77. The van der Waals surface area contributed by atoms with Crippen LogP contribution < -0.4 is 5.73 Å². The van der Waals surface area contributed by atoms with Crippen LogP contribution in [0.2, 0.25) is 0 Å². The van der Waals surface area contributed by atoms with Gasteiger partial charge in [-0.2, -0.15) is 0 Å². The highest BCUT2D eigenvalue weighted by Gasteiger charge is 2.19. The maximum absolute atomic E-state index is 11.7. The van der Waals surface area contributed by atoms with Gasteiger partial charge in [0.2, 0.25) is 5.91 Å². The molecule has 2 N–H and O–H groups in total. The molecule has 0 rings (SSSR count). The van der Waals surface area contributed by atoms with Crippen molar-refractivity contribution in [2.45, 2.75) is 40.2 Å². The van der Waals surface area contributed by atoms with Crippen LogP contribution in [0.5, 0.6) is 0 Å². The molecule has 0 saturated carbocycles. The fraction of sp³-hybridized carbons (Fsp3) is 0.909. The zero-order valence-corrected chi connectivity index (χ0v) is 10.1. The highest BCUT2D eigenvalue weighted by molar-refractivity contribution is 5.81. The van der Waals surface area contributed by atoms with E-state index in [1.165, 1.54) is 0 Å². The predicted octanol–water partition coefficient (Wildman–Crippen LogP) is 1.47. The third-order valence-electron chi connectivity index (χ3n) is 2.06. The molecule has 0 aliphatic heterocycles. The summed E-state index contributed by atoms with van der Waals surface area (Å²) in [7, 11) is 1.82. The van der Waals surface area contributed by atoms with E-state index in [9.17, 15) is 4.79 Å². The molecule has 1 amide bonds. The molecule has 0 fully saturated rings. The van der Waals surface area contributed by atoms with E-state index < -0.39 is 0 Å². The summed E-state index contributed by atoms with van der Waals surface area (Å²) in [6, 6.07) is -0.334. The number of hydrogen-bond donors (Lipinski definition) is 1. The number of amides is 1. The highest BCUT2D eigenvalue weighted by atomic mass is 16.2. The van der Waals surface area contributed by atoms with Gasteiger partial charge in [0.15, 0.2) is 0 Å². The SMILES string of the molecule is CC(C)C[C@@H](N)C(=O)N(C)CC(C)C. The Morgan fingerprint density at radius 2 is 1.71 bits per heavy atom. The summed E-state index contributed by atoms with van der Waals surface area (Å²) in [6.45, 7) is 9.13. The first-order valence-electron chi connectivity index (χ1n) is 5.35. The van der Waals surface area contributed by atoms with Gasteiger partial charge in [-0.3, -0.25) is 4.79 Å². The van der Waals surface area contributed by atoms with Crippen molar-refractivity contribution in [1.29, 1.82) is 0 Å². The topological polar surface area (TPSA) is 46.3 Å². The van der Waals surface area contributed by atoms with Crippen molar-refractivity contribution in [2.75, 3.05) is 13.6 Å². The lowest BCUT2D eigenvalue weighted by Gasteiger charge is -2.23. The second-order valence-corrected chi connectivity index (χ2v) is 4.85. The van der Waals surface area contributed by atoms with Crippen molar-refractivity contribution in [1.82, 2.24) is 4.90 Å². The van der Waals surface area contributed by atoms with Crippen LogP contribution in [0.1, 0.15) is 34.1 Å². The molecule has 0 spiro atoms. The van der Waals surface area contributed by atoms with Gasteiger partial charge in [0, 0.05) is 13.6 Å². The van der Waals surface area contributed by atoms with Crippen molar-refractivity contribution in [3.8, 4) is 0 Å². The summed E-state index contributed by atoms with van der Waals surface area (Å²) < 4.78 is 0. The molecule has 3 heteroatoms. The lowest BCUT2D eigenvalue weighted by Crippen LogP contribution is -2.43. The minimum absolute atomic E-state index is 0.0624.